The van der Waals surface area contributed by atoms with Gasteiger partial charge in [0.1, 0.15) is 5.75 Å². The Bertz CT molecular complexity index is 710. The fourth-order valence-electron chi connectivity index (χ4n) is 4.51. The Kier molecular flexibility index (Phi) is 5.23. The van der Waals surface area contributed by atoms with Gasteiger partial charge in [0.05, 0.1) is 12.8 Å². The molecule has 0 aliphatic carbocycles. The summed E-state index contributed by atoms with van der Waals surface area (Å²) in [6.07, 6.45) is 5.87. The van der Waals surface area contributed by atoms with Crippen LogP contribution in [0.3, 0.4) is 0 Å². The van der Waals surface area contributed by atoms with Gasteiger partial charge in [0.15, 0.2) is 0 Å². The lowest BCUT2D eigenvalue weighted by atomic mass is 9.77. The van der Waals surface area contributed by atoms with Gasteiger partial charge in [-0.3, -0.25) is 14.8 Å². The number of piperidine rings is 1. The van der Waals surface area contributed by atoms with E-state index in [1.165, 1.54) is 56.7 Å². The van der Waals surface area contributed by atoms with E-state index in [9.17, 15) is 0 Å². The molecule has 0 amide bonds. The zero-order valence-corrected chi connectivity index (χ0v) is 15.7. The minimum Gasteiger partial charge on any atom is -0.497 e. The van der Waals surface area contributed by atoms with Crippen LogP contribution in [0, 0.1) is 5.41 Å². The van der Waals surface area contributed by atoms with Crippen LogP contribution in [0.2, 0.25) is 0 Å². The van der Waals surface area contributed by atoms with Crippen molar-refractivity contribution in [2.45, 2.75) is 32.4 Å². The molecule has 2 aliphatic rings. The molecule has 4 rings (SSSR count). The summed E-state index contributed by atoms with van der Waals surface area (Å²) in [4.78, 5) is 9.68. The van der Waals surface area contributed by atoms with E-state index in [4.69, 9.17) is 4.74 Å². The Morgan fingerprint density at radius 2 is 1.77 bits per heavy atom. The van der Waals surface area contributed by atoms with Gasteiger partial charge >= 0.3 is 0 Å². The molecule has 1 aromatic heterocycles. The maximum atomic E-state index is 5.35. The van der Waals surface area contributed by atoms with E-state index >= 15 is 0 Å². The lowest BCUT2D eigenvalue weighted by molar-refractivity contribution is 0.102. The highest BCUT2D eigenvalue weighted by Gasteiger charge is 2.40. The minimum atomic E-state index is 0.527. The molecule has 0 atom stereocenters. The molecule has 2 fully saturated rings. The minimum absolute atomic E-state index is 0.527. The average Bonchev–Trinajstić information content (AvgIpc) is 3.07. The largest absolute Gasteiger partial charge is 0.497 e. The summed E-state index contributed by atoms with van der Waals surface area (Å²) < 4.78 is 5.35. The lowest BCUT2D eigenvalue weighted by Gasteiger charge is -2.39. The quantitative estimate of drug-likeness (QED) is 0.823. The van der Waals surface area contributed by atoms with Crippen LogP contribution in [0.4, 0.5) is 0 Å². The van der Waals surface area contributed by atoms with Crippen LogP contribution < -0.4 is 4.74 Å². The third-order valence-corrected chi connectivity index (χ3v) is 6.09. The van der Waals surface area contributed by atoms with Crippen molar-refractivity contribution < 1.29 is 4.74 Å². The molecule has 1 spiro atoms. The van der Waals surface area contributed by atoms with Crippen molar-refractivity contribution in [3.8, 4) is 5.75 Å². The molecule has 0 N–H and O–H groups in total. The van der Waals surface area contributed by atoms with Crippen molar-refractivity contribution in [2.75, 3.05) is 33.3 Å². The molecule has 1 aromatic carbocycles. The lowest BCUT2D eigenvalue weighted by Crippen LogP contribution is -2.41. The number of nitrogens with zero attached hydrogens (tertiary/aromatic N) is 3. The SMILES string of the molecule is COc1cccc(CN2CCC3(CC2)CCN(Cc2ccccn2)C3)c1. The molecular formula is C22H29N3O. The summed E-state index contributed by atoms with van der Waals surface area (Å²) in [6, 6.07) is 14.7. The van der Waals surface area contributed by atoms with Gasteiger partial charge < -0.3 is 4.74 Å². The number of likely N-dealkylation sites (tertiary alicyclic amines) is 2. The van der Waals surface area contributed by atoms with Crippen molar-refractivity contribution in [1.29, 1.82) is 0 Å². The van der Waals surface area contributed by atoms with E-state index < -0.39 is 0 Å². The maximum absolute atomic E-state index is 5.35. The predicted molar refractivity (Wildman–Crippen MR) is 104 cm³/mol. The van der Waals surface area contributed by atoms with E-state index in [1.54, 1.807) is 7.11 Å². The zero-order valence-electron chi connectivity index (χ0n) is 15.7. The highest BCUT2D eigenvalue weighted by Crippen LogP contribution is 2.41. The molecule has 2 aliphatic heterocycles. The fourth-order valence-corrected chi connectivity index (χ4v) is 4.51. The Morgan fingerprint density at radius 3 is 2.50 bits per heavy atom. The molecule has 2 saturated heterocycles. The van der Waals surface area contributed by atoms with Crippen molar-refractivity contribution in [1.82, 2.24) is 14.8 Å². The average molecular weight is 351 g/mol. The number of rotatable bonds is 5. The first-order chi connectivity index (χ1) is 12.7. The third-order valence-electron chi connectivity index (χ3n) is 6.09. The molecule has 3 heterocycles. The molecule has 0 saturated carbocycles. The van der Waals surface area contributed by atoms with Gasteiger partial charge in [-0.25, -0.2) is 0 Å². The number of benzene rings is 1. The van der Waals surface area contributed by atoms with Crippen LogP contribution in [-0.4, -0.2) is 48.1 Å². The van der Waals surface area contributed by atoms with Gasteiger partial charge in [-0.15, -0.1) is 0 Å². The standard InChI is InChI=1S/C22H29N3O/c1-26-21-7-4-5-19(15-21)16-24-12-8-22(9-13-24)10-14-25(18-22)17-20-6-2-3-11-23-20/h2-7,11,15H,8-10,12-14,16-18H2,1H3. The summed E-state index contributed by atoms with van der Waals surface area (Å²) in [6.45, 7) is 6.88. The summed E-state index contributed by atoms with van der Waals surface area (Å²) in [5, 5.41) is 0. The second-order valence-corrected chi connectivity index (χ2v) is 7.91. The Morgan fingerprint density at radius 1 is 0.962 bits per heavy atom. The second kappa shape index (κ2) is 7.77. The van der Waals surface area contributed by atoms with Crippen molar-refractivity contribution in [3.05, 3.63) is 59.9 Å². The molecule has 0 unspecified atom stereocenters. The molecule has 138 valence electrons. The summed E-state index contributed by atoms with van der Waals surface area (Å²) in [5.74, 6) is 0.955. The van der Waals surface area contributed by atoms with Crippen molar-refractivity contribution >= 4 is 0 Å². The molecular weight excluding hydrogens is 322 g/mol. The van der Waals surface area contributed by atoms with E-state index in [2.05, 4.69) is 45.1 Å². The molecule has 4 heteroatoms. The second-order valence-electron chi connectivity index (χ2n) is 7.91. The number of pyridine rings is 1. The van der Waals surface area contributed by atoms with E-state index in [0.29, 0.717) is 5.41 Å². The van der Waals surface area contributed by atoms with Gasteiger partial charge in [-0.2, -0.15) is 0 Å². The maximum Gasteiger partial charge on any atom is 0.119 e. The first-order valence-corrected chi connectivity index (χ1v) is 9.72. The van der Waals surface area contributed by atoms with Crippen LogP contribution in [0.5, 0.6) is 5.75 Å². The number of ether oxygens (including phenoxy) is 1. The third kappa shape index (κ3) is 4.08. The van der Waals surface area contributed by atoms with Crippen LogP contribution in [0.1, 0.15) is 30.5 Å². The zero-order chi connectivity index (χ0) is 17.8. The first-order valence-electron chi connectivity index (χ1n) is 9.72. The van der Waals surface area contributed by atoms with E-state index in [0.717, 1.165) is 18.8 Å². The van der Waals surface area contributed by atoms with Crippen LogP contribution in [-0.2, 0) is 13.1 Å². The number of aromatic nitrogens is 1. The topological polar surface area (TPSA) is 28.6 Å². The summed E-state index contributed by atoms with van der Waals surface area (Å²) in [7, 11) is 1.74. The summed E-state index contributed by atoms with van der Waals surface area (Å²) in [5.41, 5.74) is 3.07. The predicted octanol–water partition coefficient (Wildman–Crippen LogP) is 3.58. The Balaban J connectivity index is 1.29. The summed E-state index contributed by atoms with van der Waals surface area (Å²) >= 11 is 0. The van der Waals surface area contributed by atoms with Gasteiger partial charge in [-0.05, 0) is 74.1 Å². The first kappa shape index (κ1) is 17.5. The monoisotopic (exact) mass is 351 g/mol. The van der Waals surface area contributed by atoms with Crippen molar-refractivity contribution in [3.63, 3.8) is 0 Å². The Labute approximate surface area is 156 Å². The van der Waals surface area contributed by atoms with Crippen molar-refractivity contribution in [2.24, 2.45) is 5.41 Å². The van der Waals surface area contributed by atoms with Gasteiger partial charge in [0.2, 0.25) is 0 Å². The molecule has 2 aromatic rings. The smallest absolute Gasteiger partial charge is 0.119 e. The fraction of sp³-hybridized carbons (Fsp3) is 0.500. The number of hydrogen-bond donors (Lipinski definition) is 0. The highest BCUT2D eigenvalue weighted by atomic mass is 16.5. The van der Waals surface area contributed by atoms with Gasteiger partial charge in [0, 0.05) is 25.8 Å². The van der Waals surface area contributed by atoms with Gasteiger partial charge in [0.25, 0.3) is 0 Å². The normalized spacial score (nSPS) is 20.5. The number of methoxy groups -OCH3 is 1. The van der Waals surface area contributed by atoms with E-state index in [1.807, 2.05) is 18.3 Å². The molecule has 26 heavy (non-hydrogen) atoms. The van der Waals surface area contributed by atoms with E-state index in [-0.39, 0.29) is 0 Å². The highest BCUT2D eigenvalue weighted by molar-refractivity contribution is 5.28. The molecule has 4 nitrogen and oxygen atoms in total. The van der Waals surface area contributed by atoms with Crippen LogP contribution in [0.15, 0.2) is 48.7 Å². The molecule has 0 radical (unpaired) electrons. The van der Waals surface area contributed by atoms with Crippen LogP contribution >= 0.6 is 0 Å². The Hall–Kier alpha value is -1.91. The number of hydrogen-bond acceptors (Lipinski definition) is 4. The molecule has 0 bridgehead atoms. The van der Waals surface area contributed by atoms with Crippen LogP contribution in [0.25, 0.3) is 0 Å². The van der Waals surface area contributed by atoms with Gasteiger partial charge in [-0.1, -0.05) is 18.2 Å².